The molecule has 2 N–H and O–H groups in total. The molecule has 1 aliphatic carbocycles. The highest BCUT2D eigenvalue weighted by molar-refractivity contribution is 5.80. The monoisotopic (exact) mass is 222 g/mol. The summed E-state index contributed by atoms with van der Waals surface area (Å²) in [4.78, 5) is 14.3. The summed E-state index contributed by atoms with van der Waals surface area (Å²) in [6.45, 7) is 4.11. The molecule has 1 heterocycles. The van der Waals surface area contributed by atoms with Gasteiger partial charge < -0.3 is 10.6 Å². The molecule has 1 saturated heterocycles. The van der Waals surface area contributed by atoms with Crippen molar-refractivity contribution in [2.24, 2.45) is 17.6 Å². The maximum atomic E-state index is 12.3. The fourth-order valence-electron chi connectivity index (χ4n) is 2.58. The number of nitrogens with zero attached hydrogens (tertiary/aromatic N) is 1. The lowest BCUT2D eigenvalue weighted by atomic mass is 9.87. The van der Waals surface area contributed by atoms with Crippen molar-refractivity contribution in [1.82, 2.24) is 4.90 Å². The molecule has 0 bridgehead atoms. The fraction of sp³-hybridized carbons (Fsp3) is 0.769. The first-order valence-corrected chi connectivity index (χ1v) is 6.38. The second-order valence-electron chi connectivity index (χ2n) is 5.22. The number of nitrogens with two attached hydrogens (primary N) is 1. The maximum absolute atomic E-state index is 12.3. The molecule has 1 amide bonds. The Bertz CT molecular complexity index is 280. The largest absolute Gasteiger partial charge is 0.342 e. The molecule has 3 heteroatoms. The van der Waals surface area contributed by atoms with Gasteiger partial charge in [0.25, 0.3) is 0 Å². The molecule has 0 aromatic rings. The van der Waals surface area contributed by atoms with Crippen LogP contribution in [0, 0.1) is 11.8 Å². The second-order valence-corrected chi connectivity index (χ2v) is 5.22. The minimum absolute atomic E-state index is 0.0249. The van der Waals surface area contributed by atoms with E-state index in [9.17, 15) is 4.79 Å². The standard InChI is InChI=1S/C13H22N2O/c1-10-6-8-15(9-7-10)13(16)11-4-2-3-5-12(11)14/h2-3,10-12H,4-9,14H2,1H3/t11-,12-/m0/s1. The number of allylic oxidation sites excluding steroid dienone is 1. The van der Waals surface area contributed by atoms with Gasteiger partial charge in [-0.3, -0.25) is 4.79 Å². The van der Waals surface area contributed by atoms with Gasteiger partial charge in [0.2, 0.25) is 5.91 Å². The molecule has 0 aromatic carbocycles. The van der Waals surface area contributed by atoms with Crippen molar-refractivity contribution in [2.45, 2.75) is 38.6 Å². The van der Waals surface area contributed by atoms with Crippen LogP contribution in [-0.2, 0) is 4.79 Å². The summed E-state index contributed by atoms with van der Waals surface area (Å²) in [7, 11) is 0. The summed E-state index contributed by atoms with van der Waals surface area (Å²) in [6, 6.07) is 0.0249. The molecule has 0 saturated carbocycles. The molecule has 0 unspecified atom stereocenters. The predicted octanol–water partition coefficient (Wildman–Crippen LogP) is 1.54. The third-order valence-corrected chi connectivity index (χ3v) is 3.89. The molecule has 1 fully saturated rings. The number of hydrogen-bond acceptors (Lipinski definition) is 2. The van der Waals surface area contributed by atoms with Gasteiger partial charge in [0.05, 0.1) is 5.92 Å². The molecule has 0 aromatic heterocycles. The van der Waals surface area contributed by atoms with E-state index in [0.717, 1.165) is 44.7 Å². The molecule has 2 aliphatic rings. The first-order valence-electron chi connectivity index (χ1n) is 6.38. The van der Waals surface area contributed by atoms with Crippen molar-refractivity contribution in [3.05, 3.63) is 12.2 Å². The Morgan fingerprint density at radius 1 is 1.25 bits per heavy atom. The first kappa shape index (κ1) is 11.6. The van der Waals surface area contributed by atoms with E-state index in [2.05, 4.69) is 19.1 Å². The molecular formula is C13H22N2O. The van der Waals surface area contributed by atoms with E-state index in [1.807, 2.05) is 4.90 Å². The van der Waals surface area contributed by atoms with Gasteiger partial charge in [-0.1, -0.05) is 19.1 Å². The summed E-state index contributed by atoms with van der Waals surface area (Å²) in [5, 5.41) is 0. The number of piperidine rings is 1. The Hall–Kier alpha value is -0.830. The van der Waals surface area contributed by atoms with Crippen LogP contribution in [0.15, 0.2) is 12.2 Å². The average molecular weight is 222 g/mol. The smallest absolute Gasteiger partial charge is 0.227 e. The number of likely N-dealkylation sites (tertiary alicyclic amines) is 1. The predicted molar refractivity (Wildman–Crippen MR) is 64.8 cm³/mol. The van der Waals surface area contributed by atoms with Crippen LogP contribution in [-0.4, -0.2) is 29.9 Å². The van der Waals surface area contributed by atoms with Gasteiger partial charge in [-0.25, -0.2) is 0 Å². The van der Waals surface area contributed by atoms with E-state index in [-0.39, 0.29) is 17.9 Å². The first-order chi connectivity index (χ1) is 7.68. The summed E-state index contributed by atoms with van der Waals surface area (Å²) >= 11 is 0. The molecule has 0 radical (unpaired) electrons. The highest BCUT2D eigenvalue weighted by Gasteiger charge is 2.31. The molecule has 2 rings (SSSR count). The molecule has 2 atom stereocenters. The second kappa shape index (κ2) is 5.00. The lowest BCUT2D eigenvalue weighted by Crippen LogP contribution is -2.47. The zero-order valence-corrected chi connectivity index (χ0v) is 10.1. The van der Waals surface area contributed by atoms with Crippen molar-refractivity contribution < 1.29 is 4.79 Å². The van der Waals surface area contributed by atoms with Gasteiger partial charge in [-0.15, -0.1) is 0 Å². The number of carbonyl (C=O) groups excluding carboxylic acids is 1. The minimum atomic E-state index is 0.0249. The Labute approximate surface area is 97.7 Å². The summed E-state index contributed by atoms with van der Waals surface area (Å²) in [5.74, 6) is 1.08. The third kappa shape index (κ3) is 2.46. The molecular weight excluding hydrogens is 200 g/mol. The number of rotatable bonds is 1. The Kier molecular flexibility index (Phi) is 3.64. The van der Waals surface area contributed by atoms with E-state index in [1.54, 1.807) is 0 Å². The Morgan fingerprint density at radius 2 is 1.88 bits per heavy atom. The third-order valence-electron chi connectivity index (χ3n) is 3.89. The minimum Gasteiger partial charge on any atom is -0.342 e. The van der Waals surface area contributed by atoms with Crippen molar-refractivity contribution in [2.75, 3.05) is 13.1 Å². The van der Waals surface area contributed by atoms with Gasteiger partial charge in [0, 0.05) is 19.1 Å². The molecule has 0 spiro atoms. The molecule has 3 nitrogen and oxygen atoms in total. The van der Waals surface area contributed by atoms with Crippen LogP contribution in [0.4, 0.5) is 0 Å². The molecule has 16 heavy (non-hydrogen) atoms. The van der Waals surface area contributed by atoms with E-state index in [1.165, 1.54) is 0 Å². The molecule has 90 valence electrons. The Balaban J connectivity index is 1.94. The van der Waals surface area contributed by atoms with Crippen LogP contribution in [0.5, 0.6) is 0 Å². The van der Waals surface area contributed by atoms with Gasteiger partial charge in [-0.2, -0.15) is 0 Å². The maximum Gasteiger partial charge on any atom is 0.227 e. The zero-order chi connectivity index (χ0) is 11.5. The van der Waals surface area contributed by atoms with Crippen LogP contribution < -0.4 is 5.73 Å². The summed E-state index contributed by atoms with van der Waals surface area (Å²) in [5.41, 5.74) is 6.02. The van der Waals surface area contributed by atoms with Gasteiger partial charge in [-0.05, 0) is 31.6 Å². The van der Waals surface area contributed by atoms with Crippen LogP contribution in [0.1, 0.15) is 32.6 Å². The normalized spacial score (nSPS) is 31.8. The zero-order valence-electron chi connectivity index (χ0n) is 10.1. The number of hydrogen-bond donors (Lipinski definition) is 1. The lowest BCUT2D eigenvalue weighted by Gasteiger charge is -2.35. The van der Waals surface area contributed by atoms with Crippen LogP contribution >= 0.6 is 0 Å². The number of carbonyl (C=O) groups is 1. The highest BCUT2D eigenvalue weighted by atomic mass is 16.2. The average Bonchev–Trinajstić information content (AvgIpc) is 2.30. The van der Waals surface area contributed by atoms with Gasteiger partial charge in [0.1, 0.15) is 0 Å². The topological polar surface area (TPSA) is 46.3 Å². The van der Waals surface area contributed by atoms with Crippen molar-refractivity contribution in [3.63, 3.8) is 0 Å². The lowest BCUT2D eigenvalue weighted by molar-refractivity contribution is -0.137. The van der Waals surface area contributed by atoms with E-state index in [4.69, 9.17) is 5.73 Å². The van der Waals surface area contributed by atoms with Crippen molar-refractivity contribution in [3.8, 4) is 0 Å². The quantitative estimate of drug-likeness (QED) is 0.684. The fourth-order valence-corrected chi connectivity index (χ4v) is 2.58. The summed E-state index contributed by atoms with van der Waals surface area (Å²) < 4.78 is 0. The summed E-state index contributed by atoms with van der Waals surface area (Å²) in [6.07, 6.45) is 8.14. The SMILES string of the molecule is CC1CCN(C(=O)[C@H]2CC=CC[C@@H]2N)CC1. The van der Waals surface area contributed by atoms with Crippen LogP contribution in [0.3, 0.4) is 0 Å². The van der Waals surface area contributed by atoms with E-state index >= 15 is 0 Å². The van der Waals surface area contributed by atoms with Crippen molar-refractivity contribution >= 4 is 5.91 Å². The highest BCUT2D eigenvalue weighted by Crippen LogP contribution is 2.23. The van der Waals surface area contributed by atoms with Crippen LogP contribution in [0.25, 0.3) is 0 Å². The van der Waals surface area contributed by atoms with E-state index in [0.29, 0.717) is 0 Å². The number of amides is 1. The van der Waals surface area contributed by atoms with Gasteiger partial charge in [0.15, 0.2) is 0 Å². The molecule has 1 aliphatic heterocycles. The van der Waals surface area contributed by atoms with E-state index < -0.39 is 0 Å². The van der Waals surface area contributed by atoms with Crippen molar-refractivity contribution in [1.29, 1.82) is 0 Å². The van der Waals surface area contributed by atoms with Crippen LogP contribution in [0.2, 0.25) is 0 Å². The Morgan fingerprint density at radius 3 is 2.50 bits per heavy atom. The van der Waals surface area contributed by atoms with Gasteiger partial charge >= 0.3 is 0 Å².